The summed E-state index contributed by atoms with van der Waals surface area (Å²) in [7, 11) is 3.99. The molecular formula is C30H37N3. The fourth-order valence-electron chi connectivity index (χ4n) is 4.77. The topological polar surface area (TPSA) is 27.3 Å². The predicted molar refractivity (Wildman–Crippen MR) is 141 cm³/mol. The third-order valence-corrected chi connectivity index (χ3v) is 6.92. The van der Waals surface area contributed by atoms with Crippen molar-refractivity contribution in [2.45, 2.75) is 32.7 Å². The van der Waals surface area contributed by atoms with Crippen LogP contribution in [0.3, 0.4) is 0 Å². The Bertz CT molecular complexity index is 1070. The fourth-order valence-corrected chi connectivity index (χ4v) is 4.77. The molecule has 1 atom stereocenters. The molecule has 2 aromatic carbocycles. The van der Waals surface area contributed by atoms with E-state index in [4.69, 9.17) is 0 Å². The van der Waals surface area contributed by atoms with Crippen LogP contribution in [0.15, 0.2) is 90.8 Å². The van der Waals surface area contributed by atoms with Gasteiger partial charge in [-0.25, -0.2) is 0 Å². The van der Waals surface area contributed by atoms with E-state index in [1.807, 2.05) is 31.3 Å². The number of rotatable bonds is 8. The molecule has 1 heterocycles. The van der Waals surface area contributed by atoms with Gasteiger partial charge in [0.05, 0.1) is 0 Å². The van der Waals surface area contributed by atoms with Crippen LogP contribution in [0.2, 0.25) is 0 Å². The molecule has 3 nitrogen and oxygen atoms in total. The normalized spacial score (nSPS) is 17.3. The van der Waals surface area contributed by atoms with E-state index in [1.165, 1.54) is 53.8 Å². The van der Waals surface area contributed by atoms with Crippen LogP contribution in [0.5, 0.6) is 0 Å². The summed E-state index contributed by atoms with van der Waals surface area (Å²) in [5.41, 5.74) is 10.5. The maximum absolute atomic E-state index is 4.17. The Kier molecular flexibility index (Phi) is 6.62. The molecule has 1 aliphatic heterocycles. The van der Waals surface area contributed by atoms with Gasteiger partial charge < -0.3 is 15.5 Å². The van der Waals surface area contributed by atoms with Gasteiger partial charge in [0.25, 0.3) is 0 Å². The Morgan fingerprint density at radius 2 is 1.58 bits per heavy atom. The monoisotopic (exact) mass is 439 g/mol. The molecule has 1 spiro atoms. The zero-order valence-corrected chi connectivity index (χ0v) is 20.5. The van der Waals surface area contributed by atoms with Gasteiger partial charge in [0.15, 0.2) is 0 Å². The number of hydrogen-bond donors (Lipinski definition) is 2. The Morgan fingerprint density at radius 3 is 2.09 bits per heavy atom. The molecule has 0 radical (unpaired) electrons. The largest absolute Gasteiger partial charge is 0.383 e. The van der Waals surface area contributed by atoms with Gasteiger partial charge in [0.2, 0.25) is 0 Å². The Hall–Kier alpha value is -3.04. The number of aryl methyl sites for hydroxylation is 1. The molecule has 3 heteroatoms. The van der Waals surface area contributed by atoms with Gasteiger partial charge in [-0.05, 0) is 66.8 Å². The van der Waals surface area contributed by atoms with Gasteiger partial charge >= 0.3 is 0 Å². The van der Waals surface area contributed by atoms with E-state index in [-0.39, 0.29) is 6.04 Å². The highest BCUT2D eigenvalue weighted by molar-refractivity contribution is 5.83. The standard InChI is InChI=1S/C30H37N3/c1-21-7-9-26(10-8-21)29(28-17-30(18-28)19-31-20-30)27-13-11-25(12-14-27)24(4)32-23(3)22(2)15-16-33(5)6/h7-16,24,31-32H,2-3,17-20H2,1,4-6H3/b16-15-/t24-/m1/s1. The average molecular weight is 440 g/mol. The van der Waals surface area contributed by atoms with Crippen LogP contribution in [0.1, 0.15) is 48.1 Å². The maximum atomic E-state index is 4.17. The first-order chi connectivity index (χ1) is 15.8. The Morgan fingerprint density at radius 1 is 1.00 bits per heavy atom. The van der Waals surface area contributed by atoms with E-state index < -0.39 is 0 Å². The van der Waals surface area contributed by atoms with E-state index in [0.29, 0.717) is 5.41 Å². The molecule has 0 unspecified atom stereocenters. The van der Waals surface area contributed by atoms with Crippen LogP contribution in [0, 0.1) is 12.3 Å². The molecule has 0 bridgehead atoms. The molecule has 2 fully saturated rings. The summed E-state index contributed by atoms with van der Waals surface area (Å²) in [6.45, 7) is 14.9. The minimum atomic E-state index is 0.152. The van der Waals surface area contributed by atoms with Gasteiger partial charge in [0, 0.05) is 44.3 Å². The lowest BCUT2D eigenvalue weighted by Crippen LogP contribution is -2.58. The van der Waals surface area contributed by atoms with Crippen LogP contribution in [-0.2, 0) is 0 Å². The van der Waals surface area contributed by atoms with Crippen molar-refractivity contribution in [3.05, 3.63) is 113 Å². The highest BCUT2D eigenvalue weighted by Gasteiger charge is 2.46. The Balaban J connectivity index is 1.52. The minimum Gasteiger partial charge on any atom is -0.383 e. The first-order valence-electron chi connectivity index (χ1n) is 11.9. The first-order valence-corrected chi connectivity index (χ1v) is 11.9. The van der Waals surface area contributed by atoms with Crippen LogP contribution < -0.4 is 10.6 Å². The van der Waals surface area contributed by atoms with Gasteiger partial charge in [-0.1, -0.05) is 72.8 Å². The second kappa shape index (κ2) is 9.44. The first kappa shape index (κ1) is 23.1. The predicted octanol–water partition coefficient (Wildman–Crippen LogP) is 5.98. The number of benzene rings is 2. The summed E-state index contributed by atoms with van der Waals surface area (Å²) in [6.07, 6.45) is 6.39. The van der Waals surface area contributed by atoms with Crippen LogP contribution in [0.4, 0.5) is 0 Å². The highest BCUT2D eigenvalue weighted by atomic mass is 15.0. The summed E-state index contributed by atoms with van der Waals surface area (Å²) >= 11 is 0. The van der Waals surface area contributed by atoms with Crippen molar-refractivity contribution in [2.75, 3.05) is 27.2 Å². The van der Waals surface area contributed by atoms with Crippen molar-refractivity contribution in [3.8, 4) is 0 Å². The Labute approximate surface area is 199 Å². The van der Waals surface area contributed by atoms with Crippen LogP contribution >= 0.6 is 0 Å². The fraction of sp³-hybridized carbons (Fsp3) is 0.333. The molecule has 1 aliphatic carbocycles. The summed E-state index contributed by atoms with van der Waals surface area (Å²) in [5.74, 6) is 0. The molecule has 0 amide bonds. The second-order valence-electron chi connectivity index (χ2n) is 10.1. The lowest BCUT2D eigenvalue weighted by Gasteiger charge is -2.52. The van der Waals surface area contributed by atoms with E-state index in [1.54, 1.807) is 5.57 Å². The molecule has 2 N–H and O–H groups in total. The van der Waals surface area contributed by atoms with Gasteiger partial charge in [-0.15, -0.1) is 0 Å². The maximum Gasteiger partial charge on any atom is 0.0485 e. The average Bonchev–Trinajstić information content (AvgIpc) is 2.73. The zero-order valence-electron chi connectivity index (χ0n) is 20.5. The lowest BCUT2D eigenvalue weighted by atomic mass is 9.60. The van der Waals surface area contributed by atoms with Crippen molar-refractivity contribution < 1.29 is 0 Å². The third-order valence-electron chi connectivity index (χ3n) is 6.92. The summed E-state index contributed by atoms with van der Waals surface area (Å²) < 4.78 is 0. The lowest BCUT2D eigenvalue weighted by molar-refractivity contribution is 0.113. The summed E-state index contributed by atoms with van der Waals surface area (Å²) in [5, 5.41) is 6.95. The number of hydrogen-bond acceptors (Lipinski definition) is 3. The SMILES string of the molecule is C=C(/C=C\N(C)C)C(=C)N[C@H](C)c1ccc(C(=C2CC3(CNC3)C2)c2ccc(C)cc2)cc1. The quantitative estimate of drug-likeness (QED) is 0.496. The smallest absolute Gasteiger partial charge is 0.0485 e. The number of allylic oxidation sites excluding steroid dienone is 2. The van der Waals surface area contributed by atoms with E-state index >= 15 is 0 Å². The molecule has 2 aromatic rings. The molecule has 33 heavy (non-hydrogen) atoms. The van der Waals surface area contributed by atoms with Gasteiger partial charge in [0.1, 0.15) is 0 Å². The number of nitrogens with zero attached hydrogens (tertiary/aromatic N) is 1. The third kappa shape index (κ3) is 5.15. The zero-order chi connectivity index (χ0) is 23.6. The van der Waals surface area contributed by atoms with E-state index in [9.17, 15) is 0 Å². The molecule has 172 valence electrons. The van der Waals surface area contributed by atoms with Crippen molar-refractivity contribution in [1.82, 2.24) is 15.5 Å². The van der Waals surface area contributed by atoms with E-state index in [0.717, 1.165) is 11.3 Å². The van der Waals surface area contributed by atoms with Crippen LogP contribution in [0.25, 0.3) is 5.57 Å². The molecule has 2 aliphatic rings. The van der Waals surface area contributed by atoms with Crippen molar-refractivity contribution in [2.24, 2.45) is 5.41 Å². The minimum absolute atomic E-state index is 0.152. The molecule has 4 rings (SSSR count). The molecule has 1 saturated heterocycles. The van der Waals surface area contributed by atoms with Gasteiger partial charge in [-0.2, -0.15) is 0 Å². The molecule has 0 aromatic heterocycles. The number of nitrogens with one attached hydrogen (secondary N) is 2. The van der Waals surface area contributed by atoms with Crippen molar-refractivity contribution in [3.63, 3.8) is 0 Å². The molecule has 1 saturated carbocycles. The van der Waals surface area contributed by atoms with E-state index in [2.05, 4.69) is 86.2 Å². The van der Waals surface area contributed by atoms with Crippen LogP contribution in [-0.4, -0.2) is 32.1 Å². The summed E-state index contributed by atoms with van der Waals surface area (Å²) in [6, 6.07) is 18.2. The summed E-state index contributed by atoms with van der Waals surface area (Å²) in [4.78, 5) is 1.99. The highest BCUT2D eigenvalue weighted by Crippen LogP contribution is 2.51. The second-order valence-corrected chi connectivity index (χ2v) is 10.1. The van der Waals surface area contributed by atoms with Crippen molar-refractivity contribution in [1.29, 1.82) is 0 Å². The van der Waals surface area contributed by atoms with Gasteiger partial charge in [-0.3, -0.25) is 0 Å². The van der Waals surface area contributed by atoms with Crippen molar-refractivity contribution >= 4 is 5.57 Å². The molecular weight excluding hydrogens is 402 g/mol.